The summed E-state index contributed by atoms with van der Waals surface area (Å²) in [5.41, 5.74) is 0. The maximum atomic E-state index is 9.33. The second kappa shape index (κ2) is 6.33. The lowest BCUT2D eigenvalue weighted by atomic mass is 10.1. The van der Waals surface area contributed by atoms with Gasteiger partial charge in [0.25, 0.3) is 0 Å². The van der Waals surface area contributed by atoms with E-state index in [4.69, 9.17) is 0 Å². The van der Waals surface area contributed by atoms with Crippen molar-refractivity contribution in [3.05, 3.63) is 10.8 Å². The van der Waals surface area contributed by atoms with Crippen LogP contribution >= 0.6 is 15.9 Å². The first kappa shape index (κ1) is 13.5. The molecule has 100 valence electrons. The van der Waals surface area contributed by atoms with Crippen molar-refractivity contribution in [2.45, 2.75) is 32.2 Å². The smallest absolute Gasteiger partial charge is 0.146 e. The Balaban J connectivity index is 2.11. The molecule has 1 aromatic rings. The Morgan fingerprint density at radius 1 is 1.39 bits per heavy atom. The van der Waals surface area contributed by atoms with E-state index in [1.54, 1.807) is 6.33 Å². The summed E-state index contributed by atoms with van der Waals surface area (Å²) in [6.07, 6.45) is 4.87. The van der Waals surface area contributed by atoms with E-state index < -0.39 is 0 Å². The highest BCUT2D eigenvalue weighted by molar-refractivity contribution is 9.10. The molecule has 2 rings (SSSR count). The molecule has 0 radical (unpaired) electrons. The fourth-order valence-electron chi connectivity index (χ4n) is 2.38. The van der Waals surface area contributed by atoms with Gasteiger partial charge in [-0.3, -0.25) is 0 Å². The summed E-state index contributed by atoms with van der Waals surface area (Å²) in [4.78, 5) is 8.45. The predicted octanol–water partition coefficient (Wildman–Crippen LogP) is 2.24. The number of anilines is 2. The number of aromatic nitrogens is 2. The topological polar surface area (TPSA) is 70.1 Å². The zero-order valence-corrected chi connectivity index (χ0v) is 12.1. The van der Waals surface area contributed by atoms with Gasteiger partial charge in [0.05, 0.1) is 0 Å². The van der Waals surface area contributed by atoms with Crippen LogP contribution in [0.1, 0.15) is 26.2 Å². The molecule has 6 heteroatoms. The minimum atomic E-state index is 0.237. The van der Waals surface area contributed by atoms with Gasteiger partial charge in [-0.1, -0.05) is 6.42 Å². The normalized spacial score (nSPS) is 23.1. The molecule has 5 nitrogen and oxygen atoms in total. The van der Waals surface area contributed by atoms with Crippen molar-refractivity contribution in [1.29, 1.82) is 0 Å². The Bertz CT molecular complexity index is 402. The van der Waals surface area contributed by atoms with Gasteiger partial charge in [-0.05, 0) is 35.7 Å². The minimum absolute atomic E-state index is 0.237. The maximum Gasteiger partial charge on any atom is 0.146 e. The van der Waals surface area contributed by atoms with E-state index in [0.29, 0.717) is 12.0 Å². The molecule has 1 saturated carbocycles. The molecule has 0 bridgehead atoms. The minimum Gasteiger partial charge on any atom is -0.396 e. The first-order valence-corrected chi connectivity index (χ1v) is 7.17. The van der Waals surface area contributed by atoms with Crippen molar-refractivity contribution in [2.24, 2.45) is 5.92 Å². The molecule has 0 spiro atoms. The monoisotopic (exact) mass is 314 g/mol. The van der Waals surface area contributed by atoms with Crippen LogP contribution in [0.25, 0.3) is 0 Å². The maximum absolute atomic E-state index is 9.33. The van der Waals surface area contributed by atoms with Gasteiger partial charge in [-0.15, -0.1) is 0 Å². The molecular formula is C12H19BrN4O. The third-order valence-corrected chi connectivity index (χ3v) is 4.10. The number of hydrogen-bond acceptors (Lipinski definition) is 5. The molecule has 1 fully saturated rings. The SMILES string of the molecule is CCNc1ncnc(NC2CCCC2CO)c1Br. The van der Waals surface area contributed by atoms with Gasteiger partial charge in [0.1, 0.15) is 22.4 Å². The molecule has 3 N–H and O–H groups in total. The van der Waals surface area contributed by atoms with Crippen LogP contribution in [-0.4, -0.2) is 34.3 Å². The zero-order valence-electron chi connectivity index (χ0n) is 10.5. The van der Waals surface area contributed by atoms with Gasteiger partial charge in [0, 0.05) is 25.1 Å². The van der Waals surface area contributed by atoms with E-state index in [9.17, 15) is 5.11 Å². The Morgan fingerprint density at radius 2 is 2.17 bits per heavy atom. The molecule has 0 amide bonds. The molecule has 0 aromatic carbocycles. The summed E-state index contributed by atoms with van der Waals surface area (Å²) in [6, 6.07) is 0.302. The van der Waals surface area contributed by atoms with Gasteiger partial charge in [-0.25, -0.2) is 9.97 Å². The first-order chi connectivity index (χ1) is 8.76. The highest BCUT2D eigenvalue weighted by Gasteiger charge is 2.27. The highest BCUT2D eigenvalue weighted by atomic mass is 79.9. The van der Waals surface area contributed by atoms with E-state index in [2.05, 4.69) is 36.5 Å². The van der Waals surface area contributed by atoms with Gasteiger partial charge < -0.3 is 15.7 Å². The molecule has 1 aliphatic carbocycles. The number of halogens is 1. The number of hydrogen-bond donors (Lipinski definition) is 3. The lowest BCUT2D eigenvalue weighted by Gasteiger charge is -2.20. The predicted molar refractivity (Wildman–Crippen MR) is 75.7 cm³/mol. The van der Waals surface area contributed by atoms with Crippen LogP contribution in [0.2, 0.25) is 0 Å². The Labute approximate surface area is 116 Å². The van der Waals surface area contributed by atoms with Gasteiger partial charge >= 0.3 is 0 Å². The summed E-state index contributed by atoms with van der Waals surface area (Å²) >= 11 is 3.52. The zero-order chi connectivity index (χ0) is 13.0. The van der Waals surface area contributed by atoms with Crippen molar-refractivity contribution in [3.63, 3.8) is 0 Å². The summed E-state index contributed by atoms with van der Waals surface area (Å²) in [7, 11) is 0. The van der Waals surface area contributed by atoms with Crippen LogP contribution in [0.5, 0.6) is 0 Å². The second-order valence-electron chi connectivity index (χ2n) is 4.54. The van der Waals surface area contributed by atoms with Crippen LogP contribution in [-0.2, 0) is 0 Å². The molecule has 1 aromatic heterocycles. The third-order valence-electron chi connectivity index (χ3n) is 3.35. The largest absolute Gasteiger partial charge is 0.396 e. The average Bonchev–Trinajstić information content (AvgIpc) is 2.82. The molecule has 2 atom stereocenters. The third kappa shape index (κ3) is 2.92. The fraction of sp³-hybridized carbons (Fsp3) is 0.667. The fourth-order valence-corrected chi connectivity index (χ4v) is 2.84. The molecule has 0 saturated heterocycles. The standard InChI is InChI=1S/C12H19BrN4O/c1-2-14-11-10(13)12(16-7-15-11)17-9-5-3-4-8(9)6-18/h7-9,18H,2-6H2,1H3,(H2,14,15,16,17). The van der Waals surface area contributed by atoms with Crippen molar-refractivity contribution in [3.8, 4) is 0 Å². The van der Waals surface area contributed by atoms with Crippen molar-refractivity contribution in [1.82, 2.24) is 9.97 Å². The molecule has 1 heterocycles. The highest BCUT2D eigenvalue weighted by Crippen LogP contribution is 2.32. The Kier molecular flexibility index (Phi) is 4.77. The van der Waals surface area contributed by atoms with E-state index in [-0.39, 0.29) is 6.61 Å². The molecule has 1 aliphatic rings. The Hall–Kier alpha value is -0.880. The van der Waals surface area contributed by atoms with Crippen LogP contribution in [0.15, 0.2) is 10.8 Å². The summed E-state index contributed by atoms with van der Waals surface area (Å²) in [5.74, 6) is 1.93. The lowest BCUT2D eigenvalue weighted by Crippen LogP contribution is -2.27. The second-order valence-corrected chi connectivity index (χ2v) is 5.33. The van der Waals surface area contributed by atoms with Crippen LogP contribution in [0, 0.1) is 5.92 Å². The van der Waals surface area contributed by atoms with Crippen molar-refractivity contribution in [2.75, 3.05) is 23.8 Å². The van der Waals surface area contributed by atoms with Crippen LogP contribution < -0.4 is 10.6 Å². The molecular weight excluding hydrogens is 296 g/mol. The number of aliphatic hydroxyl groups excluding tert-OH is 1. The van der Waals surface area contributed by atoms with E-state index in [1.807, 2.05) is 6.92 Å². The average molecular weight is 315 g/mol. The summed E-state index contributed by atoms with van der Waals surface area (Å²) in [6.45, 7) is 3.08. The van der Waals surface area contributed by atoms with Crippen LogP contribution in [0.3, 0.4) is 0 Å². The number of nitrogens with one attached hydrogen (secondary N) is 2. The summed E-state index contributed by atoms with van der Waals surface area (Å²) in [5, 5.41) is 15.9. The molecule has 18 heavy (non-hydrogen) atoms. The number of nitrogens with zero attached hydrogens (tertiary/aromatic N) is 2. The van der Waals surface area contributed by atoms with Gasteiger partial charge in [0.2, 0.25) is 0 Å². The first-order valence-electron chi connectivity index (χ1n) is 6.38. The van der Waals surface area contributed by atoms with E-state index in [1.165, 1.54) is 0 Å². The van der Waals surface area contributed by atoms with Gasteiger partial charge in [0.15, 0.2) is 0 Å². The molecule has 2 unspecified atom stereocenters. The van der Waals surface area contributed by atoms with Crippen molar-refractivity contribution >= 4 is 27.6 Å². The van der Waals surface area contributed by atoms with Crippen molar-refractivity contribution < 1.29 is 5.11 Å². The lowest BCUT2D eigenvalue weighted by molar-refractivity contribution is 0.222. The number of rotatable bonds is 5. The van der Waals surface area contributed by atoms with Crippen LogP contribution in [0.4, 0.5) is 11.6 Å². The Morgan fingerprint density at radius 3 is 2.89 bits per heavy atom. The number of aliphatic hydroxyl groups is 1. The van der Waals surface area contributed by atoms with E-state index in [0.717, 1.165) is 41.9 Å². The molecule has 0 aliphatic heterocycles. The summed E-state index contributed by atoms with van der Waals surface area (Å²) < 4.78 is 0.857. The quantitative estimate of drug-likeness (QED) is 0.777. The van der Waals surface area contributed by atoms with Gasteiger partial charge in [-0.2, -0.15) is 0 Å². The van der Waals surface area contributed by atoms with E-state index >= 15 is 0 Å².